The second kappa shape index (κ2) is 7.95. The Bertz CT molecular complexity index is 871. The van der Waals surface area contributed by atoms with E-state index in [4.69, 9.17) is 21.1 Å². The molecule has 0 radical (unpaired) electrons. The van der Waals surface area contributed by atoms with Gasteiger partial charge in [0.25, 0.3) is 0 Å². The van der Waals surface area contributed by atoms with E-state index >= 15 is 0 Å². The van der Waals surface area contributed by atoms with E-state index in [2.05, 4.69) is 4.90 Å². The fraction of sp³-hybridized carbons (Fsp3) is 0.571. The molecule has 8 heteroatoms. The molecule has 1 aliphatic carbocycles. The molecule has 0 bridgehead atoms. The zero-order valence-electron chi connectivity index (χ0n) is 16.5. The van der Waals surface area contributed by atoms with E-state index in [-0.39, 0.29) is 23.3 Å². The molecular formula is C21H25ClN2O5. The van der Waals surface area contributed by atoms with Gasteiger partial charge in [0.05, 0.1) is 17.4 Å². The number of nitro groups is 1. The second-order valence-electron chi connectivity index (χ2n) is 7.90. The molecule has 2 unspecified atom stereocenters. The van der Waals surface area contributed by atoms with Crippen LogP contribution in [-0.4, -0.2) is 41.2 Å². The summed E-state index contributed by atoms with van der Waals surface area (Å²) in [6.07, 6.45) is 7.27. The van der Waals surface area contributed by atoms with Crippen LogP contribution in [0.3, 0.4) is 0 Å². The Labute approximate surface area is 174 Å². The summed E-state index contributed by atoms with van der Waals surface area (Å²) in [5.74, 6) is -0.112. The summed E-state index contributed by atoms with van der Waals surface area (Å²) in [6.45, 7) is 3.49. The Balaban J connectivity index is 1.73. The summed E-state index contributed by atoms with van der Waals surface area (Å²) in [5.41, 5.74) is 0.898. The van der Waals surface area contributed by atoms with E-state index in [9.17, 15) is 14.9 Å². The van der Waals surface area contributed by atoms with E-state index in [1.54, 1.807) is 6.07 Å². The fourth-order valence-electron chi connectivity index (χ4n) is 4.83. The van der Waals surface area contributed by atoms with Crippen molar-refractivity contribution in [3.63, 3.8) is 0 Å². The number of nitro benzene ring substituents is 1. The lowest BCUT2D eigenvalue weighted by atomic mass is 9.80. The molecule has 2 heterocycles. The van der Waals surface area contributed by atoms with Crippen LogP contribution in [0.1, 0.15) is 51.0 Å². The number of nitrogens with zero attached hydrogens (tertiary/aromatic N) is 2. The molecule has 1 saturated carbocycles. The Morgan fingerprint density at radius 2 is 2.24 bits per heavy atom. The van der Waals surface area contributed by atoms with Crippen molar-refractivity contribution in [3.8, 4) is 5.75 Å². The summed E-state index contributed by atoms with van der Waals surface area (Å²) in [7, 11) is 0. The van der Waals surface area contributed by atoms with Crippen LogP contribution in [0.15, 0.2) is 17.7 Å². The van der Waals surface area contributed by atoms with Gasteiger partial charge in [-0.05, 0) is 56.7 Å². The van der Waals surface area contributed by atoms with Gasteiger partial charge in [0.15, 0.2) is 5.72 Å². The fourth-order valence-corrected chi connectivity index (χ4v) is 5.05. The minimum Gasteiger partial charge on any atom is -0.466 e. The van der Waals surface area contributed by atoms with Crippen molar-refractivity contribution in [1.29, 1.82) is 0 Å². The van der Waals surface area contributed by atoms with Gasteiger partial charge in [-0.25, -0.2) is 0 Å². The maximum Gasteiger partial charge on any atom is 0.313 e. The maximum atomic E-state index is 12.4. The van der Waals surface area contributed by atoms with Gasteiger partial charge in [-0.1, -0.05) is 11.6 Å². The SMILES string of the molecule is CCOC(=O)C1CCCN(C23CCCCC2=Cc2cc(Cl)cc([N+](=O)[O-])c2O3)C1. The van der Waals surface area contributed by atoms with Crippen LogP contribution in [0.2, 0.25) is 5.02 Å². The standard InChI is InChI=1S/C21H25ClN2O5/c1-2-28-20(25)14-6-5-9-23(13-14)21-8-4-3-7-16(21)10-15-11-17(22)12-18(24(26)27)19(15)29-21/h10-12,14H,2-9,13H2,1H3. The molecule has 2 fully saturated rings. The Morgan fingerprint density at radius 3 is 3.00 bits per heavy atom. The van der Waals surface area contributed by atoms with Gasteiger partial charge in [-0.2, -0.15) is 0 Å². The molecule has 3 aliphatic rings. The largest absolute Gasteiger partial charge is 0.466 e. The second-order valence-corrected chi connectivity index (χ2v) is 8.34. The molecule has 1 aromatic carbocycles. The highest BCUT2D eigenvalue weighted by atomic mass is 35.5. The number of fused-ring (bicyclic) bond motifs is 2. The summed E-state index contributed by atoms with van der Waals surface area (Å²) in [5, 5.41) is 12.0. The lowest BCUT2D eigenvalue weighted by Crippen LogP contribution is -2.60. The van der Waals surface area contributed by atoms with Gasteiger partial charge in [0.2, 0.25) is 5.75 Å². The smallest absolute Gasteiger partial charge is 0.313 e. The highest BCUT2D eigenvalue weighted by Gasteiger charge is 2.49. The molecule has 2 aliphatic heterocycles. The van der Waals surface area contributed by atoms with E-state index in [1.165, 1.54) is 6.07 Å². The van der Waals surface area contributed by atoms with Gasteiger partial charge in [-0.15, -0.1) is 0 Å². The average Bonchev–Trinajstić information content (AvgIpc) is 2.72. The van der Waals surface area contributed by atoms with E-state index in [0.29, 0.717) is 23.7 Å². The van der Waals surface area contributed by atoms with Crippen LogP contribution in [0.5, 0.6) is 5.75 Å². The number of carbonyl (C=O) groups is 1. The molecule has 0 N–H and O–H groups in total. The first-order valence-electron chi connectivity index (χ1n) is 10.2. The number of hydrogen-bond donors (Lipinski definition) is 0. The zero-order chi connectivity index (χ0) is 20.6. The van der Waals surface area contributed by atoms with Crippen LogP contribution in [-0.2, 0) is 9.53 Å². The number of ether oxygens (including phenoxy) is 2. The average molecular weight is 421 g/mol. The van der Waals surface area contributed by atoms with E-state index in [1.807, 2.05) is 13.0 Å². The molecule has 7 nitrogen and oxygen atoms in total. The zero-order valence-corrected chi connectivity index (χ0v) is 17.2. The highest BCUT2D eigenvalue weighted by Crippen LogP contribution is 2.50. The van der Waals surface area contributed by atoms with Crippen LogP contribution in [0.4, 0.5) is 5.69 Å². The van der Waals surface area contributed by atoms with Gasteiger partial charge < -0.3 is 9.47 Å². The lowest BCUT2D eigenvalue weighted by Gasteiger charge is -2.51. The Hall–Kier alpha value is -2.12. The van der Waals surface area contributed by atoms with Crippen molar-refractivity contribution in [3.05, 3.63) is 38.4 Å². The van der Waals surface area contributed by atoms with E-state index < -0.39 is 10.6 Å². The molecule has 0 spiro atoms. The number of esters is 1. The number of hydrogen-bond acceptors (Lipinski definition) is 6. The van der Waals surface area contributed by atoms with Crippen LogP contribution in [0, 0.1) is 16.0 Å². The highest BCUT2D eigenvalue weighted by molar-refractivity contribution is 6.31. The topological polar surface area (TPSA) is 81.9 Å². The first-order valence-corrected chi connectivity index (χ1v) is 10.6. The lowest BCUT2D eigenvalue weighted by molar-refractivity contribution is -0.386. The number of halogens is 1. The number of likely N-dealkylation sites (tertiary alicyclic amines) is 1. The molecule has 4 rings (SSSR count). The third kappa shape index (κ3) is 3.62. The quantitative estimate of drug-likeness (QED) is 0.403. The molecule has 2 atom stereocenters. The molecule has 156 valence electrons. The van der Waals surface area contributed by atoms with Crippen molar-refractivity contribution in [1.82, 2.24) is 4.90 Å². The van der Waals surface area contributed by atoms with Gasteiger partial charge in [0.1, 0.15) is 0 Å². The number of carbonyl (C=O) groups excluding carboxylic acids is 1. The molecule has 1 aromatic rings. The Kier molecular flexibility index (Phi) is 5.53. The van der Waals surface area contributed by atoms with Crippen molar-refractivity contribution < 1.29 is 19.2 Å². The monoisotopic (exact) mass is 420 g/mol. The summed E-state index contributed by atoms with van der Waals surface area (Å²) in [4.78, 5) is 25.8. The van der Waals surface area contributed by atoms with Crippen LogP contribution in [0.25, 0.3) is 6.08 Å². The van der Waals surface area contributed by atoms with Crippen molar-refractivity contribution in [2.45, 2.75) is 51.2 Å². The first kappa shape index (κ1) is 20.2. The normalized spacial score (nSPS) is 26.6. The third-order valence-corrected chi connectivity index (χ3v) is 6.34. The Morgan fingerprint density at radius 1 is 1.41 bits per heavy atom. The molecule has 29 heavy (non-hydrogen) atoms. The van der Waals surface area contributed by atoms with Gasteiger partial charge >= 0.3 is 11.7 Å². The first-order chi connectivity index (χ1) is 13.9. The van der Waals surface area contributed by atoms with Crippen LogP contribution >= 0.6 is 11.6 Å². The van der Waals surface area contributed by atoms with E-state index in [0.717, 1.165) is 50.6 Å². The number of rotatable bonds is 4. The van der Waals surface area contributed by atoms with Crippen molar-refractivity contribution in [2.24, 2.45) is 5.92 Å². The van der Waals surface area contributed by atoms with Crippen molar-refractivity contribution in [2.75, 3.05) is 19.7 Å². The van der Waals surface area contributed by atoms with Crippen LogP contribution < -0.4 is 4.74 Å². The summed E-state index contributed by atoms with van der Waals surface area (Å²) >= 11 is 6.12. The predicted molar refractivity (Wildman–Crippen MR) is 109 cm³/mol. The van der Waals surface area contributed by atoms with Crippen molar-refractivity contribution >= 4 is 29.3 Å². The molecule has 0 aromatic heterocycles. The predicted octanol–water partition coefficient (Wildman–Crippen LogP) is 4.57. The number of piperidine rings is 1. The van der Waals surface area contributed by atoms with Gasteiger partial charge in [0, 0.05) is 36.2 Å². The molecule has 0 amide bonds. The van der Waals surface area contributed by atoms with Gasteiger partial charge in [-0.3, -0.25) is 19.8 Å². The minimum atomic E-state index is -0.741. The summed E-state index contributed by atoms with van der Waals surface area (Å²) < 4.78 is 11.7. The maximum absolute atomic E-state index is 12.4. The molecular weight excluding hydrogens is 396 g/mol. The summed E-state index contributed by atoms with van der Waals surface area (Å²) in [6, 6.07) is 3.06. The molecule has 1 saturated heterocycles. The third-order valence-electron chi connectivity index (χ3n) is 6.13. The number of benzene rings is 1. The minimum absolute atomic E-state index is 0.119.